The van der Waals surface area contributed by atoms with E-state index < -0.39 is 0 Å². The quantitative estimate of drug-likeness (QED) is 0.334. The minimum Gasteiger partial charge on any atom is -0.376 e. The predicted octanol–water partition coefficient (Wildman–Crippen LogP) is 1.12. The van der Waals surface area contributed by atoms with Crippen LogP contribution >= 0.6 is 0 Å². The van der Waals surface area contributed by atoms with E-state index in [0.717, 1.165) is 5.57 Å². The minimum absolute atomic E-state index is 0.0752. The molecule has 4 heteroatoms. The fourth-order valence-electron chi connectivity index (χ4n) is 1.65. The van der Waals surface area contributed by atoms with Gasteiger partial charge in [0.25, 0.3) is 5.70 Å². The van der Waals surface area contributed by atoms with E-state index in [-0.39, 0.29) is 10.8 Å². The lowest BCUT2D eigenvalue weighted by Gasteiger charge is -2.10. The molecule has 1 aliphatic heterocycles. The summed E-state index contributed by atoms with van der Waals surface area (Å²) < 4.78 is 5.16. The number of allylic oxidation sites excluding steroid dienone is 2. The average Bonchev–Trinajstić information content (AvgIpc) is 2.49. The molecule has 1 atom stereocenters. The summed E-state index contributed by atoms with van der Waals surface area (Å²) in [6.07, 6.45) is 4.36. The molecule has 1 heterocycles. The number of fused-ring (bicyclic) bond motifs is 1. The normalized spacial score (nSPS) is 27.5. The first-order valence-corrected chi connectivity index (χ1v) is 3.90. The topological polar surface area (TPSA) is 52.4 Å². The molecule has 0 aromatic rings. The fraction of sp³-hybridized carbons (Fsp3) is 0.500. The van der Waals surface area contributed by atoms with Crippen molar-refractivity contribution in [1.29, 1.82) is 0 Å². The molecular weight excluding hydrogens is 158 g/mol. The SMILES string of the molecule is O=[N+]([O-])C1=CCC=C2COCC21. The summed E-state index contributed by atoms with van der Waals surface area (Å²) in [5, 5.41) is 10.6. The fourth-order valence-corrected chi connectivity index (χ4v) is 1.65. The van der Waals surface area contributed by atoms with Gasteiger partial charge in [-0.25, -0.2) is 0 Å². The summed E-state index contributed by atoms with van der Waals surface area (Å²) in [5.74, 6) is -0.0752. The van der Waals surface area contributed by atoms with Gasteiger partial charge in [0.2, 0.25) is 0 Å². The van der Waals surface area contributed by atoms with Crippen LogP contribution in [0.5, 0.6) is 0 Å². The van der Waals surface area contributed by atoms with Crippen molar-refractivity contribution < 1.29 is 9.66 Å². The highest BCUT2D eigenvalue weighted by Gasteiger charge is 2.34. The van der Waals surface area contributed by atoms with Gasteiger partial charge in [0.1, 0.15) is 0 Å². The van der Waals surface area contributed by atoms with Gasteiger partial charge < -0.3 is 4.74 Å². The Balaban J connectivity index is 2.26. The highest BCUT2D eigenvalue weighted by atomic mass is 16.6. The number of nitro groups is 1. The molecule has 1 saturated heterocycles. The van der Waals surface area contributed by atoms with Gasteiger partial charge in [-0.2, -0.15) is 0 Å². The molecule has 4 nitrogen and oxygen atoms in total. The van der Waals surface area contributed by atoms with Crippen molar-refractivity contribution in [3.63, 3.8) is 0 Å². The molecule has 2 rings (SSSR count). The van der Waals surface area contributed by atoms with E-state index in [2.05, 4.69) is 0 Å². The molecule has 2 aliphatic rings. The molecule has 12 heavy (non-hydrogen) atoms. The lowest BCUT2D eigenvalue weighted by Crippen LogP contribution is -2.15. The molecule has 0 bridgehead atoms. The van der Waals surface area contributed by atoms with Gasteiger partial charge in [-0.3, -0.25) is 10.1 Å². The minimum atomic E-state index is -0.299. The maximum absolute atomic E-state index is 10.6. The monoisotopic (exact) mass is 167 g/mol. The summed E-state index contributed by atoms with van der Waals surface area (Å²) in [4.78, 5) is 10.3. The first kappa shape index (κ1) is 7.49. The van der Waals surface area contributed by atoms with Crippen LogP contribution in [0.15, 0.2) is 23.4 Å². The van der Waals surface area contributed by atoms with Crippen molar-refractivity contribution in [2.45, 2.75) is 6.42 Å². The Morgan fingerprint density at radius 1 is 1.58 bits per heavy atom. The summed E-state index contributed by atoms with van der Waals surface area (Å²) in [6, 6.07) is 0. The summed E-state index contributed by atoms with van der Waals surface area (Å²) >= 11 is 0. The Morgan fingerprint density at radius 3 is 3.17 bits per heavy atom. The summed E-state index contributed by atoms with van der Waals surface area (Å²) in [7, 11) is 0. The van der Waals surface area contributed by atoms with Crippen LogP contribution in [0.25, 0.3) is 0 Å². The molecule has 0 amide bonds. The third kappa shape index (κ3) is 1.04. The number of hydrogen-bond donors (Lipinski definition) is 0. The van der Waals surface area contributed by atoms with Crippen LogP contribution in [0.3, 0.4) is 0 Å². The maximum Gasteiger partial charge on any atom is 0.252 e. The van der Waals surface area contributed by atoms with Crippen molar-refractivity contribution in [3.8, 4) is 0 Å². The van der Waals surface area contributed by atoms with E-state index in [1.165, 1.54) is 0 Å². The zero-order valence-electron chi connectivity index (χ0n) is 6.53. The van der Waals surface area contributed by atoms with Crippen LogP contribution in [0.2, 0.25) is 0 Å². The van der Waals surface area contributed by atoms with Crippen LogP contribution in [0.4, 0.5) is 0 Å². The van der Waals surface area contributed by atoms with Crippen molar-refractivity contribution in [3.05, 3.63) is 33.5 Å². The summed E-state index contributed by atoms with van der Waals surface area (Å²) in [5.41, 5.74) is 1.38. The molecule has 0 aromatic heterocycles. The Labute approximate surface area is 69.7 Å². The first-order valence-electron chi connectivity index (χ1n) is 3.90. The van der Waals surface area contributed by atoms with E-state index in [0.29, 0.717) is 25.3 Å². The van der Waals surface area contributed by atoms with Crippen molar-refractivity contribution in [2.24, 2.45) is 5.92 Å². The maximum atomic E-state index is 10.6. The molecule has 1 fully saturated rings. The zero-order valence-corrected chi connectivity index (χ0v) is 6.53. The van der Waals surface area contributed by atoms with Crippen LogP contribution < -0.4 is 0 Å². The number of rotatable bonds is 1. The first-order chi connectivity index (χ1) is 5.79. The van der Waals surface area contributed by atoms with Crippen LogP contribution in [0.1, 0.15) is 6.42 Å². The van der Waals surface area contributed by atoms with Gasteiger partial charge in [0, 0.05) is 0 Å². The van der Waals surface area contributed by atoms with Crippen molar-refractivity contribution in [1.82, 2.24) is 0 Å². The number of nitrogens with zero attached hydrogens (tertiary/aromatic N) is 1. The molecule has 0 aromatic carbocycles. The Kier molecular flexibility index (Phi) is 1.69. The average molecular weight is 167 g/mol. The predicted molar refractivity (Wildman–Crippen MR) is 42.1 cm³/mol. The molecule has 0 radical (unpaired) electrons. The second-order valence-electron chi connectivity index (χ2n) is 2.97. The van der Waals surface area contributed by atoms with Crippen molar-refractivity contribution >= 4 is 0 Å². The molecule has 0 saturated carbocycles. The van der Waals surface area contributed by atoms with Crippen LogP contribution in [0, 0.1) is 16.0 Å². The molecule has 0 N–H and O–H groups in total. The van der Waals surface area contributed by atoms with Gasteiger partial charge in [-0.15, -0.1) is 0 Å². The van der Waals surface area contributed by atoms with Gasteiger partial charge in [0.15, 0.2) is 0 Å². The molecular formula is C8H9NO3. The van der Waals surface area contributed by atoms with Crippen LogP contribution in [-0.2, 0) is 4.74 Å². The number of ether oxygens (including phenoxy) is 1. The number of hydrogen-bond acceptors (Lipinski definition) is 3. The van der Waals surface area contributed by atoms with Crippen molar-refractivity contribution in [2.75, 3.05) is 13.2 Å². The van der Waals surface area contributed by atoms with E-state index >= 15 is 0 Å². The molecule has 1 unspecified atom stereocenters. The van der Waals surface area contributed by atoms with Crippen LogP contribution in [-0.4, -0.2) is 18.1 Å². The summed E-state index contributed by atoms with van der Waals surface area (Å²) in [6.45, 7) is 1.04. The van der Waals surface area contributed by atoms with E-state index in [9.17, 15) is 10.1 Å². The van der Waals surface area contributed by atoms with Gasteiger partial charge in [-0.1, -0.05) is 6.08 Å². The van der Waals surface area contributed by atoms with E-state index in [1.54, 1.807) is 6.08 Å². The van der Waals surface area contributed by atoms with E-state index in [4.69, 9.17) is 4.74 Å². The lowest BCUT2D eigenvalue weighted by molar-refractivity contribution is -0.432. The molecule has 0 spiro atoms. The Hall–Kier alpha value is -1.16. The largest absolute Gasteiger partial charge is 0.376 e. The standard InChI is InChI=1S/C8H9NO3/c10-9(11)8-3-1-2-6-4-12-5-7(6)8/h2-3,7H,1,4-5H2. The second kappa shape index (κ2) is 2.71. The molecule has 64 valence electrons. The van der Waals surface area contributed by atoms with Gasteiger partial charge >= 0.3 is 0 Å². The molecule has 1 aliphatic carbocycles. The second-order valence-corrected chi connectivity index (χ2v) is 2.97. The smallest absolute Gasteiger partial charge is 0.252 e. The third-order valence-electron chi connectivity index (χ3n) is 2.28. The highest BCUT2D eigenvalue weighted by Crippen LogP contribution is 2.31. The Bertz CT molecular complexity index is 280. The van der Waals surface area contributed by atoms with Gasteiger partial charge in [0.05, 0.1) is 24.1 Å². The third-order valence-corrected chi connectivity index (χ3v) is 2.28. The Morgan fingerprint density at radius 2 is 2.42 bits per heavy atom. The lowest BCUT2D eigenvalue weighted by atomic mass is 9.93. The zero-order chi connectivity index (χ0) is 8.55. The van der Waals surface area contributed by atoms with Gasteiger partial charge in [-0.05, 0) is 18.1 Å². The highest BCUT2D eigenvalue weighted by molar-refractivity contribution is 5.26. The van der Waals surface area contributed by atoms with E-state index in [1.807, 2.05) is 6.08 Å².